The quantitative estimate of drug-likeness (QED) is 0.810. The van der Waals surface area contributed by atoms with Crippen molar-refractivity contribution in [2.45, 2.75) is 59.5 Å². The fourth-order valence-electron chi connectivity index (χ4n) is 3.62. The summed E-state index contributed by atoms with van der Waals surface area (Å²) in [5.41, 5.74) is 1.81. The van der Waals surface area contributed by atoms with E-state index in [0.717, 1.165) is 51.9 Å². The molecule has 1 amide bonds. The molecule has 3 heterocycles. The third-order valence-corrected chi connectivity index (χ3v) is 5.14. The SMILES string of the molecule is CCCn1c(C)cnc1CC1CCN(C(=O)c2ccn(CC)n2)CC1. The topological polar surface area (TPSA) is 56.0 Å². The van der Waals surface area contributed by atoms with E-state index in [-0.39, 0.29) is 5.91 Å². The number of carbonyl (C=O) groups is 1. The van der Waals surface area contributed by atoms with Crippen molar-refractivity contribution >= 4 is 5.91 Å². The van der Waals surface area contributed by atoms with Crippen LogP contribution in [0.4, 0.5) is 0 Å². The molecule has 6 heteroatoms. The van der Waals surface area contributed by atoms with Crippen molar-refractivity contribution in [3.05, 3.63) is 35.7 Å². The standard InChI is InChI=1S/C19H29N5O/c1-4-9-24-15(3)14-20-18(24)13-16-6-10-22(11-7-16)19(25)17-8-12-23(5-2)21-17/h8,12,14,16H,4-7,9-11,13H2,1-3H3. The Bertz CT molecular complexity index is 709. The van der Waals surface area contributed by atoms with Crippen molar-refractivity contribution < 1.29 is 4.79 Å². The molecule has 0 spiro atoms. The average molecular weight is 343 g/mol. The van der Waals surface area contributed by atoms with E-state index >= 15 is 0 Å². The summed E-state index contributed by atoms with van der Waals surface area (Å²) < 4.78 is 4.14. The molecule has 25 heavy (non-hydrogen) atoms. The summed E-state index contributed by atoms with van der Waals surface area (Å²) >= 11 is 0. The number of amides is 1. The van der Waals surface area contributed by atoms with Crippen molar-refractivity contribution in [1.82, 2.24) is 24.2 Å². The number of piperidine rings is 1. The van der Waals surface area contributed by atoms with E-state index in [1.165, 1.54) is 11.5 Å². The summed E-state index contributed by atoms with van der Waals surface area (Å²) in [4.78, 5) is 19.1. The molecular formula is C19H29N5O. The van der Waals surface area contributed by atoms with E-state index in [0.29, 0.717) is 11.6 Å². The molecule has 0 N–H and O–H groups in total. The number of rotatable bonds is 6. The molecule has 0 aromatic carbocycles. The molecular weight excluding hydrogens is 314 g/mol. The Morgan fingerprint density at radius 3 is 2.68 bits per heavy atom. The molecule has 0 aliphatic carbocycles. The molecule has 0 unspecified atom stereocenters. The first kappa shape index (κ1) is 17.7. The van der Waals surface area contributed by atoms with Gasteiger partial charge < -0.3 is 9.47 Å². The number of imidazole rings is 1. The van der Waals surface area contributed by atoms with Crippen LogP contribution in [0.1, 0.15) is 55.1 Å². The van der Waals surface area contributed by atoms with E-state index in [9.17, 15) is 4.79 Å². The zero-order valence-electron chi connectivity index (χ0n) is 15.6. The first-order valence-electron chi connectivity index (χ1n) is 9.46. The summed E-state index contributed by atoms with van der Waals surface area (Å²) in [7, 11) is 0. The van der Waals surface area contributed by atoms with Gasteiger partial charge in [0.05, 0.1) is 0 Å². The maximum atomic E-state index is 12.6. The second kappa shape index (κ2) is 7.85. The number of hydrogen-bond acceptors (Lipinski definition) is 3. The lowest BCUT2D eigenvalue weighted by molar-refractivity contribution is 0.0682. The Balaban J connectivity index is 1.56. The molecule has 3 rings (SSSR count). The lowest BCUT2D eigenvalue weighted by Gasteiger charge is -2.31. The summed E-state index contributed by atoms with van der Waals surface area (Å²) in [6, 6.07) is 1.82. The maximum Gasteiger partial charge on any atom is 0.274 e. The highest BCUT2D eigenvalue weighted by Crippen LogP contribution is 2.23. The van der Waals surface area contributed by atoms with E-state index in [1.807, 2.05) is 30.3 Å². The number of aromatic nitrogens is 4. The lowest BCUT2D eigenvalue weighted by Crippen LogP contribution is -2.39. The van der Waals surface area contributed by atoms with Gasteiger partial charge in [-0.05, 0) is 45.1 Å². The molecule has 0 atom stereocenters. The third kappa shape index (κ3) is 3.94. The van der Waals surface area contributed by atoms with Gasteiger partial charge in [-0.2, -0.15) is 5.10 Å². The number of carbonyl (C=O) groups excluding carboxylic acids is 1. The minimum Gasteiger partial charge on any atom is -0.337 e. The Labute approximate surface area is 149 Å². The summed E-state index contributed by atoms with van der Waals surface area (Å²) in [5, 5.41) is 4.34. The lowest BCUT2D eigenvalue weighted by atomic mass is 9.93. The van der Waals surface area contributed by atoms with Gasteiger partial charge in [0.2, 0.25) is 0 Å². The normalized spacial score (nSPS) is 15.7. The van der Waals surface area contributed by atoms with Crippen molar-refractivity contribution in [3.8, 4) is 0 Å². The summed E-state index contributed by atoms with van der Waals surface area (Å²) in [5.74, 6) is 1.87. The molecule has 1 fully saturated rings. The fraction of sp³-hybridized carbons (Fsp3) is 0.632. The van der Waals surface area contributed by atoms with E-state index in [4.69, 9.17) is 0 Å². The third-order valence-electron chi connectivity index (χ3n) is 5.14. The molecule has 136 valence electrons. The summed E-state index contributed by atoms with van der Waals surface area (Å²) in [6.45, 7) is 9.82. The highest BCUT2D eigenvalue weighted by atomic mass is 16.2. The number of hydrogen-bond donors (Lipinski definition) is 0. The Hall–Kier alpha value is -2.11. The van der Waals surface area contributed by atoms with Crippen LogP contribution in [0.15, 0.2) is 18.5 Å². The van der Waals surface area contributed by atoms with Gasteiger partial charge in [-0.3, -0.25) is 9.48 Å². The number of likely N-dealkylation sites (tertiary alicyclic amines) is 1. The van der Waals surface area contributed by atoms with Gasteiger partial charge in [-0.25, -0.2) is 4.98 Å². The van der Waals surface area contributed by atoms with Crippen molar-refractivity contribution in [1.29, 1.82) is 0 Å². The van der Waals surface area contributed by atoms with Crippen LogP contribution >= 0.6 is 0 Å². The predicted molar refractivity (Wildman–Crippen MR) is 97.5 cm³/mol. The van der Waals surface area contributed by atoms with E-state index in [1.54, 1.807) is 4.68 Å². The molecule has 6 nitrogen and oxygen atoms in total. The molecule has 0 bridgehead atoms. The molecule has 0 saturated carbocycles. The summed E-state index contributed by atoms with van der Waals surface area (Å²) in [6.07, 6.45) is 8.07. The van der Waals surface area contributed by atoms with Crippen molar-refractivity contribution in [3.63, 3.8) is 0 Å². The second-order valence-electron chi connectivity index (χ2n) is 6.96. The molecule has 1 aliphatic rings. The van der Waals surface area contributed by atoms with Crippen LogP contribution < -0.4 is 0 Å². The smallest absolute Gasteiger partial charge is 0.274 e. The first-order chi connectivity index (χ1) is 12.1. The minimum atomic E-state index is 0.0639. The Kier molecular flexibility index (Phi) is 5.56. The predicted octanol–water partition coefficient (Wildman–Crippen LogP) is 2.91. The van der Waals surface area contributed by atoms with E-state index < -0.39 is 0 Å². The highest BCUT2D eigenvalue weighted by molar-refractivity contribution is 5.92. The first-order valence-corrected chi connectivity index (χ1v) is 9.46. The maximum absolute atomic E-state index is 12.6. The largest absolute Gasteiger partial charge is 0.337 e. The minimum absolute atomic E-state index is 0.0639. The molecule has 1 aliphatic heterocycles. The molecule has 1 saturated heterocycles. The monoisotopic (exact) mass is 343 g/mol. The van der Waals surface area contributed by atoms with Gasteiger partial charge >= 0.3 is 0 Å². The second-order valence-corrected chi connectivity index (χ2v) is 6.96. The van der Waals surface area contributed by atoms with Crippen LogP contribution in [0.3, 0.4) is 0 Å². The van der Waals surface area contributed by atoms with Crippen LogP contribution in [0, 0.1) is 12.8 Å². The Morgan fingerprint density at radius 2 is 2.04 bits per heavy atom. The van der Waals surface area contributed by atoms with E-state index in [2.05, 4.69) is 28.5 Å². The van der Waals surface area contributed by atoms with Gasteiger partial charge in [0.15, 0.2) is 0 Å². The fourth-order valence-corrected chi connectivity index (χ4v) is 3.62. The zero-order valence-corrected chi connectivity index (χ0v) is 15.6. The van der Waals surface area contributed by atoms with Gasteiger partial charge in [0.1, 0.15) is 11.5 Å². The average Bonchev–Trinajstić information content (AvgIpc) is 3.24. The van der Waals surface area contributed by atoms with Crippen LogP contribution in [-0.2, 0) is 19.5 Å². The van der Waals surface area contributed by atoms with Crippen LogP contribution in [0.5, 0.6) is 0 Å². The van der Waals surface area contributed by atoms with Gasteiger partial charge in [-0.15, -0.1) is 0 Å². The van der Waals surface area contributed by atoms with Crippen molar-refractivity contribution in [2.24, 2.45) is 5.92 Å². The van der Waals surface area contributed by atoms with Gasteiger partial charge in [0.25, 0.3) is 5.91 Å². The van der Waals surface area contributed by atoms with Gasteiger partial charge in [-0.1, -0.05) is 6.92 Å². The number of nitrogens with zero attached hydrogens (tertiary/aromatic N) is 5. The molecule has 2 aromatic heterocycles. The number of aryl methyl sites for hydroxylation is 2. The molecule has 0 radical (unpaired) electrons. The zero-order chi connectivity index (χ0) is 17.8. The van der Waals surface area contributed by atoms with Crippen LogP contribution in [0.2, 0.25) is 0 Å². The Morgan fingerprint density at radius 1 is 1.28 bits per heavy atom. The van der Waals surface area contributed by atoms with Crippen LogP contribution in [-0.4, -0.2) is 43.2 Å². The van der Waals surface area contributed by atoms with Gasteiger partial charge in [0, 0.05) is 50.7 Å². The van der Waals surface area contributed by atoms with Crippen molar-refractivity contribution in [2.75, 3.05) is 13.1 Å². The highest BCUT2D eigenvalue weighted by Gasteiger charge is 2.26. The molecule has 2 aromatic rings. The van der Waals surface area contributed by atoms with Crippen LogP contribution in [0.25, 0.3) is 0 Å².